The quantitative estimate of drug-likeness (QED) is 0.700. The number of hydrogen-bond acceptors (Lipinski definition) is 5. The number of nitrogens with zero attached hydrogens (tertiary/aromatic N) is 2. The highest BCUT2D eigenvalue weighted by molar-refractivity contribution is 7.89. The molecule has 0 radical (unpaired) electrons. The minimum Gasteiger partial charge on any atom is -0.355 e. The van der Waals surface area contributed by atoms with Crippen molar-refractivity contribution < 1.29 is 8.42 Å². The summed E-state index contributed by atoms with van der Waals surface area (Å²) in [7, 11) is -3.45. The zero-order valence-electron chi connectivity index (χ0n) is 14.5. The van der Waals surface area contributed by atoms with E-state index < -0.39 is 10.0 Å². The number of sulfonamides is 1. The summed E-state index contributed by atoms with van der Waals surface area (Å²) in [6.07, 6.45) is 1.71. The van der Waals surface area contributed by atoms with E-state index >= 15 is 0 Å². The Hall–Kier alpha value is -2.19. The Balaban J connectivity index is 1.58. The maximum Gasteiger partial charge on any atom is 0.243 e. The summed E-state index contributed by atoms with van der Waals surface area (Å²) >= 11 is 6.03. The van der Waals surface area contributed by atoms with Gasteiger partial charge in [-0.1, -0.05) is 11.6 Å². The molecule has 0 aliphatic carbocycles. The molecule has 140 valence electrons. The predicted octanol–water partition coefficient (Wildman–Crippen LogP) is 3.23. The van der Waals surface area contributed by atoms with E-state index in [1.807, 2.05) is 24.3 Å². The normalized spacial score (nSPS) is 15.7. The van der Waals surface area contributed by atoms with Crippen LogP contribution in [-0.2, 0) is 10.0 Å². The van der Waals surface area contributed by atoms with E-state index in [0.29, 0.717) is 36.1 Å². The molecule has 0 atom stereocenters. The smallest absolute Gasteiger partial charge is 0.243 e. The van der Waals surface area contributed by atoms with Gasteiger partial charge in [0.1, 0.15) is 0 Å². The molecular formula is C19H19ClN4O2S. The number of aromatic nitrogens is 1. The van der Waals surface area contributed by atoms with E-state index in [1.165, 1.54) is 4.31 Å². The summed E-state index contributed by atoms with van der Waals surface area (Å²) in [5, 5.41) is 8.06. The SMILES string of the molecule is O=S(=O)(c1ccc(Nc2ccnc3cc(Cl)ccc23)cc1)N1CCNCC1. The molecule has 1 fully saturated rings. The Bertz CT molecular complexity index is 1060. The standard InChI is InChI=1S/C19H19ClN4O2S/c20-14-1-6-17-18(7-8-22-19(17)13-14)23-15-2-4-16(5-3-15)27(25,26)24-11-9-21-10-12-24/h1-8,13,21H,9-12H2,(H,22,23). The zero-order valence-corrected chi connectivity index (χ0v) is 16.1. The van der Waals surface area contributed by atoms with Crippen molar-refractivity contribution in [1.29, 1.82) is 0 Å². The first-order valence-electron chi connectivity index (χ1n) is 8.66. The average molecular weight is 403 g/mol. The molecule has 0 amide bonds. The molecule has 2 N–H and O–H groups in total. The molecule has 8 heteroatoms. The number of nitrogens with one attached hydrogen (secondary N) is 2. The van der Waals surface area contributed by atoms with Crippen LogP contribution in [0.15, 0.2) is 59.6 Å². The fraction of sp³-hybridized carbons (Fsp3) is 0.211. The Morgan fingerprint density at radius 3 is 2.52 bits per heavy atom. The highest BCUT2D eigenvalue weighted by Crippen LogP contribution is 2.28. The summed E-state index contributed by atoms with van der Waals surface area (Å²) in [6.45, 7) is 2.35. The average Bonchev–Trinajstić information content (AvgIpc) is 2.69. The van der Waals surface area contributed by atoms with E-state index in [2.05, 4.69) is 15.6 Å². The third-order valence-electron chi connectivity index (χ3n) is 4.55. The van der Waals surface area contributed by atoms with Gasteiger partial charge in [0.05, 0.1) is 10.4 Å². The molecule has 0 bridgehead atoms. The number of rotatable bonds is 4. The van der Waals surface area contributed by atoms with E-state index in [0.717, 1.165) is 22.3 Å². The van der Waals surface area contributed by atoms with Crippen molar-refractivity contribution in [2.45, 2.75) is 4.90 Å². The van der Waals surface area contributed by atoms with Crippen molar-refractivity contribution in [2.75, 3.05) is 31.5 Å². The number of piperazine rings is 1. The minimum atomic E-state index is -3.45. The number of pyridine rings is 1. The second kappa shape index (κ2) is 7.44. The summed E-state index contributed by atoms with van der Waals surface area (Å²) < 4.78 is 27.0. The first-order valence-corrected chi connectivity index (χ1v) is 10.5. The lowest BCUT2D eigenvalue weighted by molar-refractivity contribution is 0.360. The van der Waals surface area contributed by atoms with Crippen LogP contribution < -0.4 is 10.6 Å². The highest BCUT2D eigenvalue weighted by atomic mass is 35.5. The maximum atomic E-state index is 12.7. The monoisotopic (exact) mass is 402 g/mol. The molecule has 2 aromatic carbocycles. The Kier molecular flexibility index (Phi) is 5.01. The second-order valence-corrected chi connectivity index (χ2v) is 8.70. The Labute approximate surface area is 163 Å². The zero-order chi connectivity index (χ0) is 18.9. The van der Waals surface area contributed by atoms with Crippen molar-refractivity contribution >= 4 is 43.9 Å². The lowest BCUT2D eigenvalue weighted by Gasteiger charge is -2.26. The summed E-state index contributed by atoms with van der Waals surface area (Å²) in [5.74, 6) is 0. The highest BCUT2D eigenvalue weighted by Gasteiger charge is 2.25. The third kappa shape index (κ3) is 3.77. The van der Waals surface area contributed by atoms with Gasteiger partial charge < -0.3 is 10.6 Å². The molecular weight excluding hydrogens is 384 g/mol. The van der Waals surface area contributed by atoms with Gasteiger partial charge in [-0.2, -0.15) is 4.31 Å². The minimum absolute atomic E-state index is 0.307. The number of hydrogen-bond donors (Lipinski definition) is 2. The number of halogens is 1. The van der Waals surface area contributed by atoms with Crippen LogP contribution in [0.1, 0.15) is 0 Å². The summed E-state index contributed by atoms with van der Waals surface area (Å²) in [4.78, 5) is 4.63. The van der Waals surface area contributed by atoms with Gasteiger partial charge in [-0.25, -0.2) is 8.42 Å². The van der Waals surface area contributed by atoms with Crippen molar-refractivity contribution in [3.05, 3.63) is 59.8 Å². The topological polar surface area (TPSA) is 74.3 Å². The van der Waals surface area contributed by atoms with Crippen molar-refractivity contribution in [1.82, 2.24) is 14.6 Å². The molecule has 1 saturated heterocycles. The van der Waals surface area contributed by atoms with Gasteiger partial charge in [-0.3, -0.25) is 4.98 Å². The van der Waals surface area contributed by atoms with Crippen LogP contribution in [0.25, 0.3) is 10.9 Å². The molecule has 2 heterocycles. The largest absolute Gasteiger partial charge is 0.355 e. The van der Waals surface area contributed by atoms with Crippen LogP contribution in [0.5, 0.6) is 0 Å². The fourth-order valence-electron chi connectivity index (χ4n) is 3.13. The Morgan fingerprint density at radius 1 is 1.04 bits per heavy atom. The van der Waals surface area contributed by atoms with E-state index in [9.17, 15) is 8.42 Å². The number of fused-ring (bicyclic) bond motifs is 1. The van der Waals surface area contributed by atoms with Crippen LogP contribution in [0, 0.1) is 0 Å². The summed E-state index contributed by atoms with van der Waals surface area (Å²) in [6, 6.07) is 14.2. The second-order valence-electron chi connectivity index (χ2n) is 6.32. The molecule has 0 saturated carbocycles. The van der Waals surface area contributed by atoms with Crippen LogP contribution in [0.2, 0.25) is 5.02 Å². The first kappa shape index (κ1) is 18.2. The van der Waals surface area contributed by atoms with Crippen molar-refractivity contribution in [3.8, 4) is 0 Å². The number of anilines is 2. The fourth-order valence-corrected chi connectivity index (χ4v) is 4.74. The molecule has 0 unspecified atom stereocenters. The first-order chi connectivity index (χ1) is 13.0. The molecule has 1 aliphatic heterocycles. The molecule has 1 aliphatic rings. The van der Waals surface area contributed by atoms with Gasteiger partial charge in [0.15, 0.2) is 0 Å². The third-order valence-corrected chi connectivity index (χ3v) is 6.70. The lowest BCUT2D eigenvalue weighted by atomic mass is 10.2. The van der Waals surface area contributed by atoms with Gasteiger partial charge in [0.25, 0.3) is 0 Å². The predicted molar refractivity (Wildman–Crippen MR) is 108 cm³/mol. The molecule has 27 heavy (non-hydrogen) atoms. The van der Waals surface area contributed by atoms with E-state index in [1.54, 1.807) is 30.5 Å². The molecule has 4 rings (SSSR count). The molecule has 6 nitrogen and oxygen atoms in total. The van der Waals surface area contributed by atoms with Crippen molar-refractivity contribution in [3.63, 3.8) is 0 Å². The van der Waals surface area contributed by atoms with E-state index in [-0.39, 0.29) is 0 Å². The summed E-state index contributed by atoms with van der Waals surface area (Å²) in [5.41, 5.74) is 2.48. The van der Waals surface area contributed by atoms with Gasteiger partial charge >= 0.3 is 0 Å². The molecule has 3 aromatic rings. The molecule has 0 spiro atoms. The number of benzene rings is 2. The lowest BCUT2D eigenvalue weighted by Crippen LogP contribution is -2.46. The van der Waals surface area contributed by atoms with Gasteiger partial charge in [-0.05, 0) is 48.5 Å². The van der Waals surface area contributed by atoms with Crippen molar-refractivity contribution in [2.24, 2.45) is 0 Å². The van der Waals surface area contributed by atoms with Gasteiger partial charge in [0.2, 0.25) is 10.0 Å². The van der Waals surface area contributed by atoms with Gasteiger partial charge in [0, 0.05) is 54.2 Å². The van der Waals surface area contributed by atoms with Crippen LogP contribution in [-0.4, -0.2) is 43.9 Å². The van der Waals surface area contributed by atoms with Gasteiger partial charge in [-0.15, -0.1) is 0 Å². The van der Waals surface area contributed by atoms with Crippen LogP contribution in [0.3, 0.4) is 0 Å². The maximum absolute atomic E-state index is 12.7. The Morgan fingerprint density at radius 2 is 1.78 bits per heavy atom. The molecule has 1 aromatic heterocycles. The van der Waals surface area contributed by atoms with E-state index in [4.69, 9.17) is 11.6 Å². The van der Waals surface area contributed by atoms with Crippen LogP contribution in [0.4, 0.5) is 11.4 Å². The van der Waals surface area contributed by atoms with Crippen LogP contribution >= 0.6 is 11.6 Å².